The Morgan fingerprint density at radius 2 is 1.58 bits per heavy atom. The number of hydrogen-bond donors (Lipinski definition) is 0. The highest BCUT2D eigenvalue weighted by Crippen LogP contribution is 2.34. The molecule has 0 bridgehead atoms. The van der Waals surface area contributed by atoms with Crippen molar-refractivity contribution < 1.29 is 9.18 Å². The molecule has 1 saturated carbocycles. The molecule has 1 saturated heterocycles. The van der Waals surface area contributed by atoms with Crippen molar-refractivity contribution in [2.75, 3.05) is 13.1 Å². The summed E-state index contributed by atoms with van der Waals surface area (Å²) >= 11 is 0. The van der Waals surface area contributed by atoms with Gasteiger partial charge in [0.25, 0.3) is 0 Å². The summed E-state index contributed by atoms with van der Waals surface area (Å²) in [5.74, 6) is 1.88. The molecule has 1 atom stereocenters. The van der Waals surface area contributed by atoms with Crippen molar-refractivity contribution >= 4 is 5.91 Å². The SMILES string of the molecule is Cc1nc(-c2ccc(-c3ccc(F)cc3)cc2)n(CC2CCN(C(=O)C3CC3)C2)c1C. The normalized spacial score (nSPS) is 18.5. The zero-order valence-electron chi connectivity index (χ0n) is 18.1. The van der Waals surface area contributed by atoms with Crippen LogP contribution in [0.3, 0.4) is 0 Å². The summed E-state index contributed by atoms with van der Waals surface area (Å²) in [6.45, 7) is 6.81. The standard InChI is InChI=1S/C26H28FN3O/c1-17-18(2)30(16-19-13-14-29(15-19)26(31)23-7-8-23)25(28-17)22-5-3-20(4-6-22)21-9-11-24(27)12-10-21/h3-6,9-12,19,23H,7-8,13-16H2,1-2H3. The van der Waals surface area contributed by atoms with Crippen LogP contribution in [0.15, 0.2) is 48.5 Å². The second-order valence-electron chi connectivity index (χ2n) is 9.01. The summed E-state index contributed by atoms with van der Waals surface area (Å²) in [5, 5.41) is 0. The zero-order chi connectivity index (χ0) is 21.5. The first-order valence-electron chi connectivity index (χ1n) is 11.2. The molecular weight excluding hydrogens is 389 g/mol. The van der Waals surface area contributed by atoms with Crippen molar-refractivity contribution in [1.29, 1.82) is 0 Å². The second-order valence-corrected chi connectivity index (χ2v) is 9.01. The van der Waals surface area contributed by atoms with Gasteiger partial charge in [0.05, 0.1) is 5.69 Å². The molecule has 1 aliphatic heterocycles. The first-order chi connectivity index (χ1) is 15.0. The number of imidazole rings is 1. The second kappa shape index (κ2) is 7.95. The Morgan fingerprint density at radius 1 is 0.968 bits per heavy atom. The average molecular weight is 418 g/mol. The largest absolute Gasteiger partial charge is 0.342 e. The van der Waals surface area contributed by atoms with E-state index in [1.165, 1.54) is 17.8 Å². The van der Waals surface area contributed by atoms with E-state index in [1.807, 2.05) is 0 Å². The average Bonchev–Trinajstić information content (AvgIpc) is 3.47. The number of carbonyl (C=O) groups is 1. The van der Waals surface area contributed by atoms with E-state index in [-0.39, 0.29) is 5.82 Å². The summed E-state index contributed by atoms with van der Waals surface area (Å²) in [6.07, 6.45) is 3.19. The first-order valence-corrected chi connectivity index (χ1v) is 11.2. The minimum Gasteiger partial charge on any atom is -0.342 e. The summed E-state index contributed by atoms with van der Waals surface area (Å²) in [5.41, 5.74) is 5.35. The van der Waals surface area contributed by atoms with Gasteiger partial charge in [0, 0.05) is 36.8 Å². The van der Waals surface area contributed by atoms with Gasteiger partial charge in [-0.15, -0.1) is 0 Å². The van der Waals surface area contributed by atoms with Crippen LogP contribution in [0.2, 0.25) is 0 Å². The molecular formula is C26H28FN3O. The number of hydrogen-bond acceptors (Lipinski definition) is 2. The summed E-state index contributed by atoms with van der Waals surface area (Å²) in [6, 6.07) is 14.9. The van der Waals surface area contributed by atoms with E-state index in [1.54, 1.807) is 12.1 Å². The van der Waals surface area contributed by atoms with Crippen LogP contribution in [0.25, 0.3) is 22.5 Å². The van der Waals surface area contributed by atoms with Crippen LogP contribution in [0.5, 0.6) is 0 Å². The fourth-order valence-electron chi connectivity index (χ4n) is 4.58. The fraction of sp³-hybridized carbons (Fsp3) is 0.385. The van der Waals surface area contributed by atoms with Gasteiger partial charge in [0.15, 0.2) is 0 Å². The van der Waals surface area contributed by atoms with Crippen LogP contribution in [0.1, 0.15) is 30.7 Å². The lowest BCUT2D eigenvalue weighted by atomic mass is 10.0. The first kappa shape index (κ1) is 20.0. The van der Waals surface area contributed by atoms with Gasteiger partial charge in [0.2, 0.25) is 5.91 Å². The van der Waals surface area contributed by atoms with Gasteiger partial charge >= 0.3 is 0 Å². The maximum absolute atomic E-state index is 13.2. The highest BCUT2D eigenvalue weighted by molar-refractivity contribution is 5.81. The predicted octanol–water partition coefficient (Wildman–Crippen LogP) is 5.23. The number of carbonyl (C=O) groups excluding carboxylic acids is 1. The Hall–Kier alpha value is -2.95. The van der Waals surface area contributed by atoms with E-state index < -0.39 is 0 Å². The quantitative estimate of drug-likeness (QED) is 0.570. The van der Waals surface area contributed by atoms with Crippen LogP contribution >= 0.6 is 0 Å². The van der Waals surface area contributed by atoms with Crippen molar-refractivity contribution in [3.63, 3.8) is 0 Å². The van der Waals surface area contributed by atoms with Crippen LogP contribution in [-0.2, 0) is 11.3 Å². The third-order valence-electron chi connectivity index (χ3n) is 6.74. The van der Waals surface area contributed by atoms with E-state index in [9.17, 15) is 9.18 Å². The Kier molecular flexibility index (Phi) is 5.12. The van der Waals surface area contributed by atoms with Gasteiger partial charge in [-0.3, -0.25) is 4.79 Å². The topological polar surface area (TPSA) is 38.1 Å². The van der Waals surface area contributed by atoms with Crippen molar-refractivity contribution in [3.8, 4) is 22.5 Å². The molecule has 0 spiro atoms. The summed E-state index contributed by atoms with van der Waals surface area (Å²) in [4.78, 5) is 19.3. The van der Waals surface area contributed by atoms with Gasteiger partial charge in [-0.2, -0.15) is 0 Å². The third-order valence-corrected chi connectivity index (χ3v) is 6.74. The zero-order valence-corrected chi connectivity index (χ0v) is 18.1. The molecule has 1 unspecified atom stereocenters. The van der Waals surface area contributed by atoms with Crippen LogP contribution in [0.4, 0.5) is 4.39 Å². The molecule has 4 nitrogen and oxygen atoms in total. The number of amides is 1. The van der Waals surface area contributed by atoms with Crippen molar-refractivity contribution in [1.82, 2.24) is 14.5 Å². The van der Waals surface area contributed by atoms with Gasteiger partial charge < -0.3 is 9.47 Å². The fourth-order valence-corrected chi connectivity index (χ4v) is 4.58. The molecule has 0 radical (unpaired) electrons. The van der Waals surface area contributed by atoms with Gasteiger partial charge in [0.1, 0.15) is 11.6 Å². The highest BCUT2D eigenvalue weighted by atomic mass is 19.1. The number of aromatic nitrogens is 2. The van der Waals surface area contributed by atoms with E-state index in [0.29, 0.717) is 17.7 Å². The van der Waals surface area contributed by atoms with E-state index >= 15 is 0 Å². The number of aryl methyl sites for hydroxylation is 1. The van der Waals surface area contributed by atoms with Crippen LogP contribution in [0, 0.1) is 31.5 Å². The monoisotopic (exact) mass is 417 g/mol. The number of halogens is 1. The summed E-state index contributed by atoms with van der Waals surface area (Å²) < 4.78 is 15.5. The smallest absolute Gasteiger partial charge is 0.225 e. The molecule has 160 valence electrons. The van der Waals surface area contributed by atoms with E-state index in [4.69, 9.17) is 4.98 Å². The lowest BCUT2D eigenvalue weighted by Gasteiger charge is -2.18. The molecule has 3 aromatic rings. The van der Waals surface area contributed by atoms with Gasteiger partial charge in [-0.05, 0) is 62.3 Å². The third kappa shape index (κ3) is 4.01. The van der Waals surface area contributed by atoms with Crippen LogP contribution < -0.4 is 0 Å². The Bertz CT molecular complexity index is 1100. The van der Waals surface area contributed by atoms with E-state index in [2.05, 4.69) is 47.6 Å². The molecule has 0 N–H and O–H groups in total. The Labute approximate surface area is 182 Å². The summed E-state index contributed by atoms with van der Waals surface area (Å²) in [7, 11) is 0. The molecule has 1 aromatic heterocycles. The number of benzene rings is 2. The van der Waals surface area contributed by atoms with Gasteiger partial charge in [-0.25, -0.2) is 9.37 Å². The maximum atomic E-state index is 13.2. The lowest BCUT2D eigenvalue weighted by Crippen LogP contribution is -2.30. The highest BCUT2D eigenvalue weighted by Gasteiger charge is 2.36. The molecule has 2 heterocycles. The Morgan fingerprint density at radius 3 is 2.23 bits per heavy atom. The van der Waals surface area contributed by atoms with Crippen molar-refractivity contribution in [2.45, 2.75) is 39.7 Å². The maximum Gasteiger partial charge on any atom is 0.225 e. The molecule has 2 aromatic carbocycles. The van der Waals surface area contributed by atoms with Gasteiger partial charge in [-0.1, -0.05) is 36.4 Å². The van der Waals surface area contributed by atoms with E-state index in [0.717, 1.165) is 67.1 Å². The predicted molar refractivity (Wildman–Crippen MR) is 120 cm³/mol. The number of likely N-dealkylation sites (tertiary alicyclic amines) is 1. The minimum absolute atomic E-state index is 0.224. The molecule has 1 aliphatic carbocycles. The van der Waals surface area contributed by atoms with Crippen molar-refractivity contribution in [3.05, 3.63) is 65.7 Å². The number of rotatable bonds is 5. The number of nitrogens with zero attached hydrogens (tertiary/aromatic N) is 3. The molecule has 5 rings (SSSR count). The molecule has 1 amide bonds. The Balaban J connectivity index is 1.36. The van der Waals surface area contributed by atoms with Crippen LogP contribution in [-0.4, -0.2) is 33.4 Å². The lowest BCUT2D eigenvalue weighted by molar-refractivity contribution is -0.131. The van der Waals surface area contributed by atoms with Crippen molar-refractivity contribution in [2.24, 2.45) is 11.8 Å². The minimum atomic E-state index is -0.224. The molecule has 5 heteroatoms. The molecule has 31 heavy (non-hydrogen) atoms. The molecule has 2 fully saturated rings. The molecule has 2 aliphatic rings.